The zero-order valence-corrected chi connectivity index (χ0v) is 12.2. The van der Waals surface area contributed by atoms with Crippen molar-refractivity contribution in [2.24, 2.45) is 5.92 Å². The summed E-state index contributed by atoms with van der Waals surface area (Å²) in [4.78, 5) is 26.9. The summed E-state index contributed by atoms with van der Waals surface area (Å²) in [5.74, 6) is -0.322. The summed E-state index contributed by atoms with van der Waals surface area (Å²) in [6, 6.07) is 0.161. The molecular formula is C14H25N3O3. The third-order valence-electron chi connectivity index (χ3n) is 4.17. The summed E-state index contributed by atoms with van der Waals surface area (Å²) >= 11 is 0. The van der Waals surface area contributed by atoms with E-state index in [0.29, 0.717) is 19.0 Å². The van der Waals surface area contributed by atoms with Crippen molar-refractivity contribution in [3.8, 4) is 0 Å². The van der Waals surface area contributed by atoms with Crippen LogP contribution in [0.3, 0.4) is 0 Å². The fourth-order valence-corrected chi connectivity index (χ4v) is 2.75. The maximum Gasteiger partial charge on any atom is 0.317 e. The van der Waals surface area contributed by atoms with Crippen LogP contribution in [0.15, 0.2) is 0 Å². The first-order chi connectivity index (χ1) is 9.60. The number of aliphatic carboxylic acids is 1. The number of nitrogens with one attached hydrogen (secondary N) is 1. The Kier molecular flexibility index (Phi) is 5.23. The van der Waals surface area contributed by atoms with Crippen LogP contribution >= 0.6 is 0 Å². The van der Waals surface area contributed by atoms with E-state index in [0.717, 1.165) is 38.9 Å². The Morgan fingerprint density at radius 3 is 2.65 bits per heavy atom. The van der Waals surface area contributed by atoms with Crippen LogP contribution in [0.4, 0.5) is 4.79 Å². The van der Waals surface area contributed by atoms with Gasteiger partial charge in [-0.05, 0) is 38.3 Å². The van der Waals surface area contributed by atoms with Crippen molar-refractivity contribution < 1.29 is 14.7 Å². The molecule has 114 valence electrons. The molecule has 0 radical (unpaired) electrons. The lowest BCUT2D eigenvalue weighted by molar-refractivity contribution is -0.137. The van der Waals surface area contributed by atoms with E-state index in [2.05, 4.69) is 17.1 Å². The molecule has 0 spiro atoms. The van der Waals surface area contributed by atoms with Crippen LogP contribution in [0.1, 0.15) is 32.6 Å². The topological polar surface area (TPSA) is 72.9 Å². The molecule has 0 aromatic rings. The highest BCUT2D eigenvalue weighted by Gasteiger charge is 2.33. The van der Waals surface area contributed by atoms with Gasteiger partial charge in [0.1, 0.15) is 0 Å². The zero-order chi connectivity index (χ0) is 14.5. The smallest absolute Gasteiger partial charge is 0.317 e. The monoisotopic (exact) mass is 283 g/mol. The lowest BCUT2D eigenvalue weighted by atomic mass is 10.1. The van der Waals surface area contributed by atoms with Crippen LogP contribution in [-0.4, -0.2) is 65.7 Å². The Hall–Kier alpha value is -1.30. The van der Waals surface area contributed by atoms with E-state index in [4.69, 9.17) is 5.11 Å². The van der Waals surface area contributed by atoms with E-state index < -0.39 is 5.97 Å². The number of hydrogen-bond donors (Lipinski definition) is 2. The minimum atomic E-state index is -0.849. The third kappa shape index (κ3) is 4.37. The van der Waals surface area contributed by atoms with Crippen molar-refractivity contribution in [1.82, 2.24) is 15.1 Å². The second kappa shape index (κ2) is 6.92. The van der Waals surface area contributed by atoms with Gasteiger partial charge in [-0.3, -0.25) is 4.79 Å². The Labute approximate surface area is 120 Å². The molecular weight excluding hydrogens is 258 g/mol. The highest BCUT2D eigenvalue weighted by atomic mass is 16.4. The predicted octanol–water partition coefficient (Wildman–Crippen LogP) is 0.977. The number of urea groups is 1. The summed E-state index contributed by atoms with van der Waals surface area (Å²) in [5.41, 5.74) is 0. The van der Waals surface area contributed by atoms with E-state index in [9.17, 15) is 9.59 Å². The Bertz CT molecular complexity index is 358. The second-order valence-electron chi connectivity index (χ2n) is 5.80. The SMILES string of the molecule is CCN1CCC(CNC(=O)N(CCC(=O)O)C2CC2)C1. The first-order valence-electron chi connectivity index (χ1n) is 7.58. The average molecular weight is 283 g/mol. The molecule has 6 nitrogen and oxygen atoms in total. The number of carboxylic acids is 1. The molecule has 2 rings (SSSR count). The first-order valence-corrected chi connectivity index (χ1v) is 7.58. The molecule has 2 amide bonds. The van der Waals surface area contributed by atoms with Gasteiger partial charge in [0.2, 0.25) is 0 Å². The number of amides is 2. The van der Waals surface area contributed by atoms with Crippen LogP contribution < -0.4 is 5.32 Å². The van der Waals surface area contributed by atoms with Crippen LogP contribution in [0, 0.1) is 5.92 Å². The molecule has 1 unspecified atom stereocenters. The van der Waals surface area contributed by atoms with Crippen molar-refractivity contribution in [3.63, 3.8) is 0 Å². The molecule has 1 saturated carbocycles. The molecule has 1 aliphatic heterocycles. The van der Waals surface area contributed by atoms with Crippen LogP contribution in [0.5, 0.6) is 0 Å². The highest BCUT2D eigenvalue weighted by Crippen LogP contribution is 2.27. The number of carboxylic acid groups (broad SMARTS) is 1. The Balaban J connectivity index is 1.73. The van der Waals surface area contributed by atoms with Gasteiger partial charge in [0.25, 0.3) is 0 Å². The number of nitrogens with zero attached hydrogens (tertiary/aromatic N) is 2. The van der Waals surface area contributed by atoms with Crippen LogP contribution in [0.25, 0.3) is 0 Å². The highest BCUT2D eigenvalue weighted by molar-refractivity contribution is 5.76. The maximum absolute atomic E-state index is 12.2. The van der Waals surface area contributed by atoms with Crippen molar-refractivity contribution in [2.45, 2.75) is 38.6 Å². The van der Waals surface area contributed by atoms with Gasteiger partial charge >= 0.3 is 12.0 Å². The molecule has 20 heavy (non-hydrogen) atoms. The molecule has 6 heteroatoms. The van der Waals surface area contributed by atoms with Crippen molar-refractivity contribution in [2.75, 3.05) is 32.7 Å². The van der Waals surface area contributed by atoms with Gasteiger partial charge < -0.3 is 20.2 Å². The van der Waals surface area contributed by atoms with E-state index in [-0.39, 0.29) is 18.5 Å². The first kappa shape index (κ1) is 15.1. The number of hydrogen-bond acceptors (Lipinski definition) is 3. The molecule has 1 atom stereocenters. The molecule has 1 saturated heterocycles. The molecule has 0 aromatic carbocycles. The molecule has 2 aliphatic rings. The van der Waals surface area contributed by atoms with E-state index in [1.54, 1.807) is 4.90 Å². The quantitative estimate of drug-likeness (QED) is 0.730. The molecule has 0 aromatic heterocycles. The maximum atomic E-state index is 12.2. The Morgan fingerprint density at radius 1 is 1.35 bits per heavy atom. The summed E-state index contributed by atoms with van der Waals surface area (Å²) < 4.78 is 0. The molecule has 2 fully saturated rings. The molecule has 1 aliphatic carbocycles. The summed E-state index contributed by atoms with van der Waals surface area (Å²) in [6.07, 6.45) is 3.16. The Morgan fingerprint density at radius 2 is 2.10 bits per heavy atom. The van der Waals surface area contributed by atoms with Gasteiger partial charge in [0, 0.05) is 25.7 Å². The predicted molar refractivity (Wildman–Crippen MR) is 75.6 cm³/mol. The van der Waals surface area contributed by atoms with Crippen molar-refractivity contribution in [3.05, 3.63) is 0 Å². The minimum Gasteiger partial charge on any atom is -0.481 e. The lowest BCUT2D eigenvalue weighted by Crippen LogP contribution is -2.44. The van der Waals surface area contributed by atoms with Crippen LogP contribution in [-0.2, 0) is 4.79 Å². The molecule has 2 N–H and O–H groups in total. The summed E-state index contributed by atoms with van der Waals surface area (Å²) in [5, 5.41) is 11.7. The van der Waals surface area contributed by atoms with Gasteiger partial charge in [0.15, 0.2) is 0 Å². The summed E-state index contributed by atoms with van der Waals surface area (Å²) in [7, 11) is 0. The average Bonchev–Trinajstić information content (AvgIpc) is 3.14. The number of likely N-dealkylation sites (tertiary alicyclic amines) is 1. The van der Waals surface area contributed by atoms with Crippen molar-refractivity contribution in [1.29, 1.82) is 0 Å². The van der Waals surface area contributed by atoms with Gasteiger partial charge in [-0.15, -0.1) is 0 Å². The van der Waals surface area contributed by atoms with Gasteiger partial charge in [-0.1, -0.05) is 6.92 Å². The van der Waals surface area contributed by atoms with Crippen molar-refractivity contribution >= 4 is 12.0 Å². The number of rotatable bonds is 7. The lowest BCUT2D eigenvalue weighted by Gasteiger charge is -2.23. The molecule has 0 bridgehead atoms. The second-order valence-corrected chi connectivity index (χ2v) is 5.80. The van der Waals surface area contributed by atoms with Gasteiger partial charge in [-0.2, -0.15) is 0 Å². The summed E-state index contributed by atoms with van der Waals surface area (Å²) in [6.45, 7) is 6.40. The number of carbonyl (C=O) groups excluding carboxylic acids is 1. The van der Waals surface area contributed by atoms with E-state index >= 15 is 0 Å². The van der Waals surface area contributed by atoms with Gasteiger partial charge in [-0.25, -0.2) is 4.79 Å². The largest absolute Gasteiger partial charge is 0.481 e. The molecule has 1 heterocycles. The van der Waals surface area contributed by atoms with Crippen LogP contribution in [0.2, 0.25) is 0 Å². The standard InChI is InChI=1S/C14H25N3O3/c1-2-16-7-5-11(10-16)9-15-14(20)17(12-3-4-12)8-6-13(18)19/h11-12H,2-10H2,1H3,(H,15,20)(H,18,19). The third-order valence-corrected chi connectivity index (χ3v) is 4.17. The van der Waals surface area contributed by atoms with E-state index in [1.165, 1.54) is 0 Å². The number of carbonyl (C=O) groups is 2. The van der Waals surface area contributed by atoms with Gasteiger partial charge in [0.05, 0.1) is 6.42 Å². The minimum absolute atomic E-state index is 0.0248. The zero-order valence-electron chi connectivity index (χ0n) is 12.2. The van der Waals surface area contributed by atoms with E-state index in [1.807, 2.05) is 0 Å². The fourth-order valence-electron chi connectivity index (χ4n) is 2.75. The normalized spacial score (nSPS) is 22.8. The fraction of sp³-hybridized carbons (Fsp3) is 0.857.